The zero-order chi connectivity index (χ0) is 13.2. The number of carbonyl (C=O) groups excluding carboxylic acids is 1. The van der Waals surface area contributed by atoms with E-state index in [0.717, 1.165) is 11.3 Å². The summed E-state index contributed by atoms with van der Waals surface area (Å²) in [5, 5.41) is 0.506. The van der Waals surface area contributed by atoms with E-state index >= 15 is 0 Å². The molecule has 1 unspecified atom stereocenters. The molecule has 2 aromatic rings. The number of ether oxygens (including phenoxy) is 1. The van der Waals surface area contributed by atoms with Gasteiger partial charge in [0.05, 0.1) is 17.5 Å². The summed E-state index contributed by atoms with van der Waals surface area (Å²) in [4.78, 5) is 12.5. The first-order valence-corrected chi connectivity index (χ1v) is 6.63. The fraction of sp³-hybridized carbons (Fsp3) is 0.188. The van der Waals surface area contributed by atoms with Crippen molar-refractivity contribution in [3.8, 4) is 5.75 Å². The predicted molar refractivity (Wildman–Crippen MR) is 74.9 cm³/mol. The minimum atomic E-state index is -0.158. The number of benzene rings is 2. The van der Waals surface area contributed by atoms with Crippen molar-refractivity contribution in [2.75, 3.05) is 6.61 Å². The number of fused-ring (bicyclic) bond motifs is 1. The molecule has 0 radical (unpaired) electrons. The Hall–Kier alpha value is -1.80. The summed E-state index contributed by atoms with van der Waals surface area (Å²) in [6.07, 6.45) is 0.709. The third-order valence-corrected chi connectivity index (χ3v) is 3.72. The van der Waals surface area contributed by atoms with Crippen LogP contribution in [0.4, 0.5) is 0 Å². The maximum absolute atomic E-state index is 12.5. The maximum Gasteiger partial charge on any atom is 0.171 e. The molecular formula is C16H13ClO2. The summed E-state index contributed by atoms with van der Waals surface area (Å²) < 4.78 is 5.65. The van der Waals surface area contributed by atoms with Crippen LogP contribution in [-0.2, 0) is 6.42 Å². The molecule has 0 saturated carbocycles. The molecule has 0 fully saturated rings. The Morgan fingerprint density at radius 3 is 2.68 bits per heavy atom. The van der Waals surface area contributed by atoms with Gasteiger partial charge >= 0.3 is 0 Å². The van der Waals surface area contributed by atoms with Gasteiger partial charge in [-0.15, -0.1) is 0 Å². The van der Waals surface area contributed by atoms with Crippen molar-refractivity contribution < 1.29 is 9.53 Å². The predicted octanol–water partition coefficient (Wildman–Crippen LogP) is 3.77. The van der Waals surface area contributed by atoms with E-state index in [2.05, 4.69) is 0 Å². The molecule has 2 aromatic carbocycles. The van der Waals surface area contributed by atoms with Gasteiger partial charge in [-0.3, -0.25) is 4.79 Å². The summed E-state index contributed by atoms with van der Waals surface area (Å²) in [6, 6.07) is 15.0. The number of carbonyl (C=O) groups is 1. The Morgan fingerprint density at radius 1 is 1.11 bits per heavy atom. The lowest BCUT2D eigenvalue weighted by atomic mass is 9.90. The molecule has 3 rings (SSSR count). The molecule has 2 nitrogen and oxygen atoms in total. The molecule has 0 aliphatic carbocycles. The van der Waals surface area contributed by atoms with Crippen molar-refractivity contribution in [1.82, 2.24) is 0 Å². The summed E-state index contributed by atoms with van der Waals surface area (Å²) in [7, 11) is 0. The van der Waals surface area contributed by atoms with E-state index in [-0.39, 0.29) is 11.7 Å². The van der Waals surface area contributed by atoms with E-state index in [1.807, 2.05) is 36.4 Å². The van der Waals surface area contributed by atoms with Gasteiger partial charge in [-0.25, -0.2) is 0 Å². The standard InChI is InChI=1S/C16H13ClO2/c17-14-7-3-2-6-13(14)16(18)12-9-11-5-1-4-8-15(11)19-10-12/h1-8,12H,9-10H2. The number of Topliss-reactive ketones (excluding diaryl/α,β-unsaturated/α-hetero) is 1. The van der Waals surface area contributed by atoms with Gasteiger partial charge in [0.15, 0.2) is 5.78 Å². The van der Waals surface area contributed by atoms with E-state index in [1.165, 1.54) is 0 Å². The topological polar surface area (TPSA) is 26.3 Å². The van der Waals surface area contributed by atoms with E-state index in [9.17, 15) is 4.79 Å². The van der Waals surface area contributed by atoms with E-state index in [1.54, 1.807) is 12.1 Å². The minimum Gasteiger partial charge on any atom is -0.493 e. The SMILES string of the molecule is O=C(c1ccccc1Cl)C1COc2ccccc2C1. The fourth-order valence-electron chi connectivity index (χ4n) is 2.38. The average Bonchev–Trinajstić information content (AvgIpc) is 2.46. The number of rotatable bonds is 2. The van der Waals surface area contributed by atoms with Crippen LogP contribution in [0.5, 0.6) is 5.75 Å². The minimum absolute atomic E-state index is 0.0557. The average molecular weight is 273 g/mol. The second-order valence-electron chi connectivity index (χ2n) is 4.66. The Kier molecular flexibility index (Phi) is 3.26. The highest BCUT2D eigenvalue weighted by Gasteiger charge is 2.27. The third-order valence-electron chi connectivity index (χ3n) is 3.39. The van der Waals surface area contributed by atoms with E-state index in [0.29, 0.717) is 23.6 Å². The van der Waals surface area contributed by atoms with Gasteiger partial charge < -0.3 is 4.74 Å². The molecular weight excluding hydrogens is 260 g/mol. The molecule has 0 bridgehead atoms. The van der Waals surface area contributed by atoms with Gasteiger partial charge in [0.25, 0.3) is 0 Å². The Balaban J connectivity index is 1.86. The molecule has 96 valence electrons. The number of para-hydroxylation sites is 1. The maximum atomic E-state index is 12.5. The molecule has 0 saturated heterocycles. The largest absolute Gasteiger partial charge is 0.493 e. The number of halogens is 1. The zero-order valence-corrected chi connectivity index (χ0v) is 11.1. The molecule has 0 amide bonds. The Bertz CT molecular complexity index is 622. The van der Waals surface area contributed by atoms with Gasteiger partial charge in [0.2, 0.25) is 0 Å². The quantitative estimate of drug-likeness (QED) is 0.778. The number of ketones is 1. The molecule has 1 aliphatic heterocycles. The Morgan fingerprint density at radius 2 is 1.84 bits per heavy atom. The van der Waals surface area contributed by atoms with Crippen LogP contribution in [0.15, 0.2) is 48.5 Å². The molecule has 19 heavy (non-hydrogen) atoms. The van der Waals surface area contributed by atoms with Gasteiger partial charge in [-0.2, -0.15) is 0 Å². The van der Waals surface area contributed by atoms with Crippen molar-refractivity contribution in [3.05, 3.63) is 64.7 Å². The van der Waals surface area contributed by atoms with Gasteiger partial charge in [0, 0.05) is 5.56 Å². The molecule has 0 N–H and O–H groups in total. The van der Waals surface area contributed by atoms with Crippen molar-refractivity contribution in [3.63, 3.8) is 0 Å². The van der Waals surface area contributed by atoms with Gasteiger partial charge in [-0.05, 0) is 30.2 Å². The lowest BCUT2D eigenvalue weighted by Gasteiger charge is -2.24. The van der Waals surface area contributed by atoms with Crippen LogP contribution in [0.2, 0.25) is 5.02 Å². The van der Waals surface area contributed by atoms with Crippen LogP contribution in [0.3, 0.4) is 0 Å². The monoisotopic (exact) mass is 272 g/mol. The summed E-state index contributed by atoms with van der Waals surface area (Å²) >= 11 is 6.08. The van der Waals surface area contributed by atoms with Crippen LogP contribution in [0.25, 0.3) is 0 Å². The molecule has 1 atom stereocenters. The van der Waals surface area contributed by atoms with E-state index in [4.69, 9.17) is 16.3 Å². The molecule has 1 heterocycles. The second kappa shape index (κ2) is 5.06. The molecule has 0 aromatic heterocycles. The zero-order valence-electron chi connectivity index (χ0n) is 10.3. The van der Waals surface area contributed by atoms with Gasteiger partial charge in [-0.1, -0.05) is 41.9 Å². The Labute approximate surface area is 117 Å². The second-order valence-corrected chi connectivity index (χ2v) is 5.07. The summed E-state index contributed by atoms with van der Waals surface area (Å²) in [5.74, 6) is 0.778. The fourth-order valence-corrected chi connectivity index (χ4v) is 2.61. The molecule has 1 aliphatic rings. The van der Waals surface area contributed by atoms with Crippen LogP contribution in [0, 0.1) is 5.92 Å². The normalized spacial score (nSPS) is 17.4. The van der Waals surface area contributed by atoms with Crippen LogP contribution in [0.1, 0.15) is 15.9 Å². The first kappa shape index (κ1) is 12.2. The first-order valence-electron chi connectivity index (χ1n) is 6.25. The molecule has 3 heteroatoms. The highest BCUT2D eigenvalue weighted by molar-refractivity contribution is 6.34. The lowest BCUT2D eigenvalue weighted by molar-refractivity contribution is 0.0855. The van der Waals surface area contributed by atoms with Crippen molar-refractivity contribution >= 4 is 17.4 Å². The third kappa shape index (κ3) is 2.36. The first-order chi connectivity index (χ1) is 9.25. The van der Waals surface area contributed by atoms with Crippen LogP contribution in [-0.4, -0.2) is 12.4 Å². The van der Waals surface area contributed by atoms with E-state index < -0.39 is 0 Å². The molecule has 0 spiro atoms. The summed E-state index contributed by atoms with van der Waals surface area (Å²) in [5.41, 5.74) is 1.66. The van der Waals surface area contributed by atoms with Crippen molar-refractivity contribution in [2.45, 2.75) is 6.42 Å². The van der Waals surface area contributed by atoms with Crippen LogP contribution < -0.4 is 4.74 Å². The highest BCUT2D eigenvalue weighted by atomic mass is 35.5. The number of hydrogen-bond donors (Lipinski definition) is 0. The van der Waals surface area contributed by atoms with Crippen LogP contribution >= 0.6 is 11.6 Å². The smallest absolute Gasteiger partial charge is 0.171 e. The van der Waals surface area contributed by atoms with Gasteiger partial charge in [0.1, 0.15) is 5.75 Å². The highest BCUT2D eigenvalue weighted by Crippen LogP contribution is 2.29. The van der Waals surface area contributed by atoms with Crippen molar-refractivity contribution in [1.29, 1.82) is 0 Å². The lowest BCUT2D eigenvalue weighted by Crippen LogP contribution is -2.28. The summed E-state index contributed by atoms with van der Waals surface area (Å²) in [6.45, 7) is 0.418. The van der Waals surface area contributed by atoms with Crippen molar-refractivity contribution in [2.24, 2.45) is 5.92 Å². The number of hydrogen-bond acceptors (Lipinski definition) is 2.